The molecule has 0 saturated carbocycles. The fourth-order valence-electron chi connectivity index (χ4n) is 2.14. The highest BCUT2D eigenvalue weighted by molar-refractivity contribution is 5.62. The summed E-state index contributed by atoms with van der Waals surface area (Å²) in [6.07, 6.45) is 8.71. The summed E-state index contributed by atoms with van der Waals surface area (Å²) >= 11 is 0. The van der Waals surface area contributed by atoms with Crippen molar-refractivity contribution < 1.29 is 0 Å². The van der Waals surface area contributed by atoms with E-state index in [2.05, 4.69) is 25.0 Å². The van der Waals surface area contributed by atoms with Crippen LogP contribution in [0.5, 0.6) is 0 Å². The van der Waals surface area contributed by atoms with Gasteiger partial charge in [-0.3, -0.25) is 9.97 Å². The van der Waals surface area contributed by atoms with Crippen molar-refractivity contribution in [3.05, 3.63) is 61.3 Å². The second-order valence-corrected chi connectivity index (χ2v) is 4.46. The zero-order valence-electron chi connectivity index (χ0n) is 11.0. The van der Waals surface area contributed by atoms with Crippen molar-refractivity contribution in [1.29, 1.82) is 0 Å². The number of pyridine rings is 2. The molecule has 4 aromatic heterocycles. The first-order valence-corrected chi connectivity index (χ1v) is 6.44. The summed E-state index contributed by atoms with van der Waals surface area (Å²) in [5.74, 6) is 1.15. The molecule has 0 amide bonds. The van der Waals surface area contributed by atoms with E-state index in [0.717, 1.165) is 16.8 Å². The minimum atomic E-state index is 0.551. The van der Waals surface area contributed by atoms with E-state index < -0.39 is 0 Å². The van der Waals surface area contributed by atoms with E-state index in [0.29, 0.717) is 11.6 Å². The number of aromatic nitrogens is 6. The van der Waals surface area contributed by atoms with Gasteiger partial charge in [0.05, 0.1) is 5.69 Å². The van der Waals surface area contributed by atoms with Crippen LogP contribution >= 0.6 is 0 Å². The van der Waals surface area contributed by atoms with Gasteiger partial charge < -0.3 is 0 Å². The number of nitrogens with zero attached hydrogens (tertiary/aromatic N) is 6. The third-order valence-electron chi connectivity index (χ3n) is 3.12. The Bertz CT molecular complexity index is 886. The van der Waals surface area contributed by atoms with Crippen molar-refractivity contribution in [1.82, 2.24) is 29.5 Å². The average Bonchev–Trinajstić information content (AvgIpc) is 3.00. The summed E-state index contributed by atoms with van der Waals surface area (Å²) in [7, 11) is 0. The van der Waals surface area contributed by atoms with Crippen molar-refractivity contribution in [2.45, 2.75) is 0 Å². The van der Waals surface area contributed by atoms with E-state index in [1.165, 1.54) is 0 Å². The van der Waals surface area contributed by atoms with E-state index in [-0.39, 0.29) is 0 Å². The van der Waals surface area contributed by atoms with Crippen LogP contribution in [0.1, 0.15) is 0 Å². The van der Waals surface area contributed by atoms with Gasteiger partial charge in [0.2, 0.25) is 0 Å². The molecule has 0 aliphatic rings. The molecule has 0 bridgehead atoms. The third-order valence-corrected chi connectivity index (χ3v) is 3.12. The van der Waals surface area contributed by atoms with Crippen LogP contribution < -0.4 is 0 Å². The summed E-state index contributed by atoms with van der Waals surface area (Å²) < 4.78 is 1.72. The molecule has 0 aliphatic heterocycles. The SMILES string of the molecule is c1cncc(-c2nc3nccc(-c4cccnc4)n3n2)c1. The van der Waals surface area contributed by atoms with E-state index in [1.54, 1.807) is 35.5 Å². The lowest BCUT2D eigenvalue weighted by atomic mass is 10.2. The minimum Gasteiger partial charge on any atom is -0.264 e. The summed E-state index contributed by atoms with van der Waals surface area (Å²) in [6.45, 7) is 0. The molecular weight excluding hydrogens is 264 g/mol. The average molecular weight is 274 g/mol. The Hall–Kier alpha value is -3.15. The van der Waals surface area contributed by atoms with Crippen LogP contribution in [-0.2, 0) is 0 Å². The lowest BCUT2D eigenvalue weighted by Gasteiger charge is -2.01. The van der Waals surface area contributed by atoms with Crippen molar-refractivity contribution in [3.8, 4) is 22.6 Å². The molecule has 0 spiro atoms. The van der Waals surface area contributed by atoms with Gasteiger partial charge in [-0.2, -0.15) is 9.50 Å². The van der Waals surface area contributed by atoms with Crippen LogP contribution in [0.4, 0.5) is 0 Å². The Morgan fingerprint density at radius 1 is 0.810 bits per heavy atom. The van der Waals surface area contributed by atoms with Crippen molar-refractivity contribution >= 4 is 5.78 Å². The highest BCUT2D eigenvalue weighted by Crippen LogP contribution is 2.20. The smallest absolute Gasteiger partial charge is 0.253 e. The predicted octanol–water partition coefficient (Wildman–Crippen LogP) is 2.25. The number of hydrogen-bond acceptors (Lipinski definition) is 5. The molecule has 0 saturated heterocycles. The molecule has 100 valence electrons. The van der Waals surface area contributed by atoms with Crippen LogP contribution in [-0.4, -0.2) is 29.5 Å². The Morgan fingerprint density at radius 3 is 2.29 bits per heavy atom. The normalized spacial score (nSPS) is 10.9. The second-order valence-electron chi connectivity index (χ2n) is 4.46. The van der Waals surface area contributed by atoms with Gasteiger partial charge in [0, 0.05) is 42.1 Å². The summed E-state index contributed by atoms with van der Waals surface area (Å²) in [6, 6.07) is 9.54. The topological polar surface area (TPSA) is 68.9 Å². The molecular formula is C15H10N6. The van der Waals surface area contributed by atoms with Gasteiger partial charge in [0.1, 0.15) is 0 Å². The first-order chi connectivity index (χ1) is 10.4. The van der Waals surface area contributed by atoms with Crippen LogP contribution in [0.25, 0.3) is 28.4 Å². The largest absolute Gasteiger partial charge is 0.264 e. The molecule has 6 nitrogen and oxygen atoms in total. The summed E-state index contributed by atoms with van der Waals surface area (Å²) in [4.78, 5) is 16.9. The first-order valence-electron chi connectivity index (χ1n) is 6.44. The van der Waals surface area contributed by atoms with Gasteiger partial charge in [-0.1, -0.05) is 0 Å². The molecule has 4 rings (SSSR count). The maximum Gasteiger partial charge on any atom is 0.253 e. The lowest BCUT2D eigenvalue weighted by molar-refractivity contribution is 0.949. The van der Waals surface area contributed by atoms with Crippen molar-refractivity contribution in [3.63, 3.8) is 0 Å². The van der Waals surface area contributed by atoms with Gasteiger partial charge in [-0.05, 0) is 30.3 Å². The standard InChI is InChI=1S/C15H10N6/c1-3-11(9-16-6-1)13-5-8-18-15-19-14(20-21(13)15)12-4-2-7-17-10-12/h1-10H. The van der Waals surface area contributed by atoms with Gasteiger partial charge in [-0.25, -0.2) is 4.98 Å². The maximum atomic E-state index is 4.53. The zero-order chi connectivity index (χ0) is 14.1. The molecule has 21 heavy (non-hydrogen) atoms. The van der Waals surface area contributed by atoms with Crippen molar-refractivity contribution in [2.24, 2.45) is 0 Å². The monoisotopic (exact) mass is 274 g/mol. The molecule has 4 aromatic rings. The van der Waals surface area contributed by atoms with Crippen LogP contribution in [0.15, 0.2) is 61.3 Å². The Balaban J connectivity index is 1.93. The molecule has 4 heterocycles. The van der Waals surface area contributed by atoms with Gasteiger partial charge in [0.15, 0.2) is 5.82 Å². The predicted molar refractivity (Wildman–Crippen MR) is 77.2 cm³/mol. The van der Waals surface area contributed by atoms with E-state index in [4.69, 9.17) is 0 Å². The van der Waals surface area contributed by atoms with Crippen LogP contribution in [0, 0.1) is 0 Å². The number of fused-ring (bicyclic) bond motifs is 1. The quantitative estimate of drug-likeness (QED) is 0.560. The van der Waals surface area contributed by atoms with E-state index >= 15 is 0 Å². The fraction of sp³-hybridized carbons (Fsp3) is 0. The lowest BCUT2D eigenvalue weighted by Crippen LogP contribution is -1.96. The second kappa shape index (κ2) is 4.75. The van der Waals surface area contributed by atoms with E-state index in [1.807, 2.05) is 30.3 Å². The summed E-state index contributed by atoms with van der Waals surface area (Å²) in [5, 5.41) is 4.53. The highest BCUT2D eigenvalue weighted by Gasteiger charge is 2.11. The van der Waals surface area contributed by atoms with Crippen LogP contribution in [0.2, 0.25) is 0 Å². The number of hydrogen-bond donors (Lipinski definition) is 0. The fourth-order valence-corrected chi connectivity index (χ4v) is 2.14. The Labute approximate surface area is 120 Å². The van der Waals surface area contributed by atoms with Crippen molar-refractivity contribution in [2.75, 3.05) is 0 Å². The Kier molecular flexibility index (Phi) is 2.64. The van der Waals surface area contributed by atoms with E-state index in [9.17, 15) is 0 Å². The molecule has 0 N–H and O–H groups in total. The minimum absolute atomic E-state index is 0.551. The summed E-state index contributed by atoms with van der Waals surface area (Å²) in [5.41, 5.74) is 2.73. The molecule has 0 aliphatic carbocycles. The highest BCUT2D eigenvalue weighted by atomic mass is 15.3. The first kappa shape index (κ1) is 11.7. The molecule has 0 unspecified atom stereocenters. The molecule has 6 heteroatoms. The molecule has 0 aromatic carbocycles. The van der Waals surface area contributed by atoms with Gasteiger partial charge in [-0.15, -0.1) is 5.10 Å². The maximum absolute atomic E-state index is 4.53. The van der Waals surface area contributed by atoms with Gasteiger partial charge >= 0.3 is 0 Å². The van der Waals surface area contributed by atoms with Gasteiger partial charge in [0.25, 0.3) is 5.78 Å². The molecule has 0 radical (unpaired) electrons. The zero-order valence-corrected chi connectivity index (χ0v) is 11.0. The molecule has 0 atom stereocenters. The number of rotatable bonds is 2. The molecule has 0 fully saturated rings. The Morgan fingerprint density at radius 2 is 1.57 bits per heavy atom. The third kappa shape index (κ3) is 2.02. The van der Waals surface area contributed by atoms with Crippen LogP contribution in [0.3, 0.4) is 0 Å².